The van der Waals surface area contributed by atoms with E-state index in [2.05, 4.69) is 42.6 Å². The molecule has 0 fully saturated rings. The van der Waals surface area contributed by atoms with Gasteiger partial charge in [-0.25, -0.2) is 0 Å². The first-order chi connectivity index (χ1) is 5.90. The molecule has 1 aliphatic carbocycles. The van der Waals surface area contributed by atoms with Crippen molar-refractivity contribution < 1.29 is 0 Å². The van der Waals surface area contributed by atoms with E-state index in [-0.39, 0.29) is 0 Å². The van der Waals surface area contributed by atoms with E-state index in [1.54, 1.807) is 0 Å². The minimum absolute atomic E-state index is 0.538. The Kier molecular flexibility index (Phi) is 2.03. The predicted octanol–water partition coefficient (Wildman–Crippen LogP) is 2.38. The third-order valence-corrected chi connectivity index (χ3v) is 2.44. The lowest BCUT2D eigenvalue weighted by atomic mass is 9.98. The highest BCUT2D eigenvalue weighted by molar-refractivity contribution is 5.29. The molecule has 1 nitrogen and oxygen atoms in total. The first-order valence-electron chi connectivity index (χ1n) is 4.72. The van der Waals surface area contributed by atoms with Crippen LogP contribution in [0.4, 0.5) is 0 Å². The van der Waals surface area contributed by atoms with Gasteiger partial charge < -0.3 is 5.32 Å². The highest BCUT2D eigenvalue weighted by Gasteiger charge is 2.22. The average molecular weight is 161 g/mol. The fraction of sp³-hybridized carbons (Fsp3) is 0.455. The maximum atomic E-state index is 3.52. The Balaban J connectivity index is 2.06. The Morgan fingerprint density at radius 1 is 1.33 bits per heavy atom. The van der Waals surface area contributed by atoms with Crippen LogP contribution in [-0.4, -0.2) is 6.04 Å². The van der Waals surface area contributed by atoms with Gasteiger partial charge in [0.05, 0.1) is 6.04 Å². The Morgan fingerprint density at radius 2 is 2.17 bits per heavy atom. The van der Waals surface area contributed by atoms with Gasteiger partial charge in [-0.15, -0.1) is 0 Å². The third-order valence-electron chi connectivity index (χ3n) is 2.44. The maximum absolute atomic E-state index is 3.52. The molecular weight excluding hydrogens is 146 g/mol. The maximum Gasteiger partial charge on any atom is 0.0542 e. The summed E-state index contributed by atoms with van der Waals surface area (Å²) in [6, 6.07) is 0.538. The minimum atomic E-state index is 0.538. The number of hydrogen-bond acceptors (Lipinski definition) is 1. The van der Waals surface area contributed by atoms with E-state index in [0.717, 1.165) is 0 Å². The van der Waals surface area contributed by atoms with E-state index in [9.17, 15) is 0 Å². The van der Waals surface area contributed by atoms with Gasteiger partial charge in [0.1, 0.15) is 0 Å². The molecule has 1 heterocycles. The van der Waals surface area contributed by atoms with E-state index >= 15 is 0 Å². The molecule has 1 heteroatoms. The molecule has 2 atom stereocenters. The van der Waals surface area contributed by atoms with E-state index in [4.69, 9.17) is 0 Å². The van der Waals surface area contributed by atoms with Crippen molar-refractivity contribution in [1.29, 1.82) is 0 Å². The average Bonchev–Trinajstić information content (AvgIpc) is 2.47. The summed E-state index contributed by atoms with van der Waals surface area (Å²) in [5.41, 5.74) is 1.42. The molecule has 0 bridgehead atoms. The Morgan fingerprint density at radius 3 is 2.92 bits per heavy atom. The summed E-state index contributed by atoms with van der Waals surface area (Å²) in [5.74, 6) is 0.608. The zero-order valence-corrected chi connectivity index (χ0v) is 7.46. The zero-order chi connectivity index (χ0) is 8.39. The number of rotatable bonds is 2. The van der Waals surface area contributed by atoms with Crippen molar-refractivity contribution in [2.45, 2.75) is 25.8 Å². The van der Waals surface area contributed by atoms with E-state index in [1.165, 1.54) is 18.5 Å². The predicted molar refractivity (Wildman–Crippen MR) is 51.7 cm³/mol. The molecule has 12 heavy (non-hydrogen) atoms. The van der Waals surface area contributed by atoms with Crippen molar-refractivity contribution in [3.05, 3.63) is 36.1 Å². The highest BCUT2D eigenvalue weighted by Crippen LogP contribution is 2.24. The number of nitrogens with one attached hydrogen (secondary N) is 1. The lowest BCUT2D eigenvalue weighted by molar-refractivity contribution is 0.625. The van der Waals surface area contributed by atoms with Crippen molar-refractivity contribution in [3.63, 3.8) is 0 Å². The molecule has 0 spiro atoms. The molecule has 0 aromatic heterocycles. The molecule has 2 rings (SSSR count). The summed E-state index contributed by atoms with van der Waals surface area (Å²) in [6.45, 7) is 2.22. The Bertz CT molecular complexity index is 248. The minimum Gasteiger partial charge on any atom is -0.381 e. The third kappa shape index (κ3) is 1.31. The van der Waals surface area contributed by atoms with Crippen LogP contribution in [-0.2, 0) is 0 Å². The van der Waals surface area contributed by atoms with Crippen LogP contribution in [0.1, 0.15) is 19.8 Å². The number of fused-ring (bicyclic) bond motifs is 1. The van der Waals surface area contributed by atoms with Gasteiger partial charge >= 0.3 is 0 Å². The SMILES string of the molecule is CCCC1=CC2C=CC=CC2N1. The molecule has 0 saturated carbocycles. The molecule has 0 aromatic rings. The highest BCUT2D eigenvalue weighted by atomic mass is 15.0. The lowest BCUT2D eigenvalue weighted by Crippen LogP contribution is -2.26. The van der Waals surface area contributed by atoms with Gasteiger partial charge in [-0.3, -0.25) is 0 Å². The summed E-state index contributed by atoms with van der Waals surface area (Å²) < 4.78 is 0. The van der Waals surface area contributed by atoms with Crippen molar-refractivity contribution in [3.8, 4) is 0 Å². The number of allylic oxidation sites excluding steroid dienone is 3. The van der Waals surface area contributed by atoms with Crippen LogP contribution >= 0.6 is 0 Å². The summed E-state index contributed by atoms with van der Waals surface area (Å²) in [6.07, 6.45) is 13.5. The van der Waals surface area contributed by atoms with Crippen molar-refractivity contribution in [2.24, 2.45) is 5.92 Å². The quantitative estimate of drug-likeness (QED) is 0.655. The summed E-state index contributed by atoms with van der Waals surface area (Å²) >= 11 is 0. The first-order valence-corrected chi connectivity index (χ1v) is 4.72. The second-order valence-corrected chi connectivity index (χ2v) is 3.46. The first kappa shape index (κ1) is 7.66. The molecule has 1 aliphatic heterocycles. The molecule has 64 valence electrons. The van der Waals surface area contributed by atoms with Crippen LogP contribution in [0.15, 0.2) is 36.1 Å². The van der Waals surface area contributed by atoms with Gasteiger partial charge in [0, 0.05) is 11.6 Å². The smallest absolute Gasteiger partial charge is 0.0542 e. The van der Waals surface area contributed by atoms with Gasteiger partial charge in [-0.05, 0) is 6.42 Å². The van der Waals surface area contributed by atoms with Crippen molar-refractivity contribution in [2.75, 3.05) is 0 Å². The molecule has 0 amide bonds. The van der Waals surface area contributed by atoms with Crippen LogP contribution in [0, 0.1) is 5.92 Å². The fourth-order valence-electron chi connectivity index (χ4n) is 1.85. The van der Waals surface area contributed by atoms with E-state index < -0.39 is 0 Å². The van der Waals surface area contributed by atoms with Crippen molar-refractivity contribution in [1.82, 2.24) is 5.32 Å². The summed E-state index contributed by atoms with van der Waals surface area (Å²) in [7, 11) is 0. The number of hydrogen-bond donors (Lipinski definition) is 1. The summed E-state index contributed by atoms with van der Waals surface area (Å²) in [4.78, 5) is 0. The van der Waals surface area contributed by atoms with Crippen LogP contribution in [0.5, 0.6) is 0 Å². The summed E-state index contributed by atoms with van der Waals surface area (Å²) in [5, 5.41) is 3.52. The largest absolute Gasteiger partial charge is 0.381 e. The molecular formula is C11H15N. The fourth-order valence-corrected chi connectivity index (χ4v) is 1.85. The van der Waals surface area contributed by atoms with Crippen molar-refractivity contribution >= 4 is 0 Å². The van der Waals surface area contributed by atoms with Crippen LogP contribution in [0.2, 0.25) is 0 Å². The lowest BCUT2D eigenvalue weighted by Gasteiger charge is -2.15. The van der Waals surface area contributed by atoms with Gasteiger partial charge in [0.15, 0.2) is 0 Å². The van der Waals surface area contributed by atoms with Crippen LogP contribution < -0.4 is 5.32 Å². The molecule has 2 aliphatic rings. The molecule has 1 N–H and O–H groups in total. The second kappa shape index (κ2) is 3.18. The van der Waals surface area contributed by atoms with Gasteiger partial charge in [-0.1, -0.05) is 43.7 Å². The van der Waals surface area contributed by atoms with Gasteiger partial charge in [-0.2, -0.15) is 0 Å². The molecule has 0 radical (unpaired) electrons. The zero-order valence-electron chi connectivity index (χ0n) is 7.46. The molecule has 2 unspecified atom stereocenters. The Labute approximate surface area is 73.9 Å². The molecule has 0 aromatic carbocycles. The standard InChI is InChI=1S/C11H15N/c1-2-5-10-8-9-6-3-4-7-11(9)12-10/h3-4,6-9,11-12H,2,5H2,1H3. The van der Waals surface area contributed by atoms with Gasteiger partial charge in [0.2, 0.25) is 0 Å². The second-order valence-electron chi connectivity index (χ2n) is 3.46. The van der Waals surface area contributed by atoms with Crippen LogP contribution in [0.3, 0.4) is 0 Å². The molecule has 0 saturated heterocycles. The monoisotopic (exact) mass is 161 g/mol. The van der Waals surface area contributed by atoms with Gasteiger partial charge in [0.25, 0.3) is 0 Å². The van der Waals surface area contributed by atoms with E-state index in [0.29, 0.717) is 12.0 Å². The normalized spacial score (nSPS) is 31.2. The van der Waals surface area contributed by atoms with Crippen LogP contribution in [0.25, 0.3) is 0 Å². The topological polar surface area (TPSA) is 12.0 Å². The Hall–Kier alpha value is -0.980. The van der Waals surface area contributed by atoms with E-state index in [1.807, 2.05) is 0 Å².